The third-order valence-electron chi connectivity index (χ3n) is 3.47. The van der Waals surface area contributed by atoms with Gasteiger partial charge in [0.1, 0.15) is 0 Å². The summed E-state index contributed by atoms with van der Waals surface area (Å²) in [6.45, 7) is 1.32. The van der Waals surface area contributed by atoms with E-state index in [1.54, 1.807) is 11.6 Å². The van der Waals surface area contributed by atoms with Gasteiger partial charge in [0.05, 0.1) is 18.8 Å². The molecule has 3 heterocycles. The third kappa shape index (κ3) is 2.76. The van der Waals surface area contributed by atoms with Crippen molar-refractivity contribution in [2.45, 2.75) is 31.4 Å². The molecule has 2 atom stereocenters. The second-order valence-electron chi connectivity index (χ2n) is 4.78. The van der Waals surface area contributed by atoms with Crippen LogP contribution >= 0.6 is 11.3 Å². The van der Waals surface area contributed by atoms with Gasteiger partial charge in [0.25, 0.3) is 0 Å². The molecule has 2 aliphatic heterocycles. The van der Waals surface area contributed by atoms with Gasteiger partial charge in [-0.15, -0.1) is 11.3 Å². The summed E-state index contributed by atoms with van der Waals surface area (Å²) < 4.78 is 5.45. The fourth-order valence-electron chi connectivity index (χ4n) is 2.54. The first kappa shape index (κ1) is 12.6. The van der Waals surface area contributed by atoms with Gasteiger partial charge in [-0.2, -0.15) is 0 Å². The van der Waals surface area contributed by atoms with Crippen LogP contribution in [0, 0.1) is 0 Å². The highest BCUT2D eigenvalue weighted by Gasteiger charge is 2.41. The number of thiazole rings is 1. The van der Waals surface area contributed by atoms with Gasteiger partial charge < -0.3 is 15.0 Å². The average molecular weight is 281 g/mol. The number of anilines is 1. The summed E-state index contributed by atoms with van der Waals surface area (Å²) in [7, 11) is 0. The molecule has 3 rings (SSSR count). The highest BCUT2D eigenvalue weighted by Crippen LogP contribution is 2.28. The summed E-state index contributed by atoms with van der Waals surface area (Å²) in [5.41, 5.74) is 0. The fourth-order valence-corrected chi connectivity index (χ4v) is 3.08. The van der Waals surface area contributed by atoms with Gasteiger partial charge in [0, 0.05) is 31.0 Å². The highest BCUT2D eigenvalue weighted by molar-refractivity contribution is 7.13. The van der Waals surface area contributed by atoms with Crippen LogP contribution in [0.4, 0.5) is 5.13 Å². The van der Waals surface area contributed by atoms with Crippen LogP contribution in [-0.4, -0.2) is 47.0 Å². The Labute approximate surface area is 114 Å². The van der Waals surface area contributed by atoms with Crippen LogP contribution in [-0.2, 0) is 14.3 Å². The molecule has 2 bridgehead atoms. The summed E-state index contributed by atoms with van der Waals surface area (Å²) >= 11 is 1.37. The van der Waals surface area contributed by atoms with Gasteiger partial charge in [-0.05, 0) is 6.42 Å². The second-order valence-corrected chi connectivity index (χ2v) is 5.67. The van der Waals surface area contributed by atoms with Crippen molar-refractivity contribution in [2.75, 3.05) is 18.5 Å². The average Bonchev–Trinajstić information content (AvgIpc) is 3.12. The number of hydrogen-bond donors (Lipinski definition) is 1. The molecule has 102 valence electrons. The lowest BCUT2D eigenvalue weighted by molar-refractivity contribution is -0.136. The monoisotopic (exact) mass is 281 g/mol. The number of carbonyl (C=O) groups excluding carboxylic acids is 2. The number of ether oxygens (including phenoxy) is 1. The molecule has 19 heavy (non-hydrogen) atoms. The minimum absolute atomic E-state index is 0.0464. The van der Waals surface area contributed by atoms with Gasteiger partial charge in [0.15, 0.2) is 5.13 Å². The normalized spacial score (nSPS) is 24.7. The van der Waals surface area contributed by atoms with E-state index in [0.29, 0.717) is 18.3 Å². The highest BCUT2D eigenvalue weighted by atomic mass is 32.1. The molecule has 0 saturated carbocycles. The molecular formula is C12H15N3O3S. The van der Waals surface area contributed by atoms with Crippen LogP contribution in [0.1, 0.15) is 19.3 Å². The zero-order valence-electron chi connectivity index (χ0n) is 10.4. The maximum Gasteiger partial charge on any atom is 0.226 e. The number of amides is 2. The van der Waals surface area contributed by atoms with Crippen molar-refractivity contribution in [1.82, 2.24) is 9.88 Å². The molecule has 2 fully saturated rings. The first-order valence-electron chi connectivity index (χ1n) is 6.33. The Morgan fingerprint density at radius 2 is 2.42 bits per heavy atom. The standard InChI is InChI=1S/C12H15N3O3S/c16-10(14-12-13-3-4-19-12)1-2-11(17)15-6-9-5-8(15)7-18-9/h3-4,8-9H,1-2,5-7H2,(H,13,14,16)/t8-,9-/m1/s1. The molecule has 1 aromatic rings. The molecular weight excluding hydrogens is 266 g/mol. The smallest absolute Gasteiger partial charge is 0.226 e. The van der Waals surface area contributed by atoms with Gasteiger partial charge in [-0.25, -0.2) is 4.98 Å². The van der Waals surface area contributed by atoms with E-state index in [9.17, 15) is 9.59 Å². The number of fused-ring (bicyclic) bond motifs is 2. The summed E-state index contributed by atoms with van der Waals surface area (Å²) in [5, 5.41) is 5.04. The lowest BCUT2D eigenvalue weighted by Gasteiger charge is -2.26. The number of carbonyl (C=O) groups is 2. The maximum atomic E-state index is 12.0. The van der Waals surface area contributed by atoms with E-state index in [-0.39, 0.29) is 36.8 Å². The summed E-state index contributed by atoms with van der Waals surface area (Å²) in [6.07, 6.45) is 3.23. The summed E-state index contributed by atoms with van der Waals surface area (Å²) in [4.78, 5) is 29.5. The first-order valence-corrected chi connectivity index (χ1v) is 7.21. The largest absolute Gasteiger partial charge is 0.374 e. The second kappa shape index (κ2) is 5.26. The molecule has 0 radical (unpaired) electrons. The third-order valence-corrected chi connectivity index (χ3v) is 4.15. The molecule has 6 nitrogen and oxygen atoms in total. The van der Waals surface area contributed by atoms with Crippen LogP contribution in [0.3, 0.4) is 0 Å². The fraction of sp³-hybridized carbons (Fsp3) is 0.583. The Hall–Kier alpha value is -1.47. The number of nitrogens with zero attached hydrogens (tertiary/aromatic N) is 2. The predicted molar refractivity (Wildman–Crippen MR) is 69.8 cm³/mol. The van der Waals surface area contributed by atoms with E-state index >= 15 is 0 Å². The molecule has 0 spiro atoms. The predicted octanol–water partition coefficient (Wildman–Crippen LogP) is 0.861. The molecule has 2 saturated heterocycles. The minimum atomic E-state index is -0.163. The molecule has 2 amide bonds. The molecule has 1 aromatic heterocycles. The van der Waals surface area contributed by atoms with E-state index in [1.807, 2.05) is 4.90 Å². The van der Waals surface area contributed by atoms with Crippen LogP contribution in [0.5, 0.6) is 0 Å². The molecule has 2 aliphatic rings. The Balaban J connectivity index is 1.44. The van der Waals surface area contributed by atoms with Crippen LogP contribution in [0.15, 0.2) is 11.6 Å². The molecule has 0 unspecified atom stereocenters. The van der Waals surface area contributed by atoms with E-state index in [2.05, 4.69) is 10.3 Å². The number of likely N-dealkylation sites (tertiary alicyclic amines) is 1. The van der Waals surface area contributed by atoms with Crippen LogP contribution in [0.2, 0.25) is 0 Å². The Morgan fingerprint density at radius 1 is 1.53 bits per heavy atom. The van der Waals surface area contributed by atoms with Crippen molar-refractivity contribution < 1.29 is 14.3 Å². The summed E-state index contributed by atoms with van der Waals surface area (Å²) in [6, 6.07) is 0.222. The molecule has 0 aliphatic carbocycles. The van der Waals surface area contributed by atoms with Gasteiger partial charge in [0.2, 0.25) is 11.8 Å². The van der Waals surface area contributed by atoms with Crippen molar-refractivity contribution in [2.24, 2.45) is 0 Å². The number of nitrogens with one attached hydrogen (secondary N) is 1. The Kier molecular flexibility index (Phi) is 3.48. The molecule has 7 heteroatoms. The summed E-state index contributed by atoms with van der Waals surface area (Å²) in [5.74, 6) is -0.117. The maximum absolute atomic E-state index is 12.0. The Morgan fingerprint density at radius 3 is 3.05 bits per heavy atom. The SMILES string of the molecule is O=C(CCC(=O)N1C[C@H]2C[C@@H]1CO2)Nc1nccs1. The van der Waals surface area contributed by atoms with Gasteiger partial charge >= 0.3 is 0 Å². The van der Waals surface area contributed by atoms with Crippen molar-refractivity contribution in [3.05, 3.63) is 11.6 Å². The van der Waals surface area contributed by atoms with Crippen LogP contribution in [0.25, 0.3) is 0 Å². The van der Waals surface area contributed by atoms with E-state index in [4.69, 9.17) is 4.74 Å². The minimum Gasteiger partial charge on any atom is -0.374 e. The van der Waals surface area contributed by atoms with E-state index < -0.39 is 0 Å². The van der Waals surface area contributed by atoms with Crippen molar-refractivity contribution in [3.8, 4) is 0 Å². The zero-order chi connectivity index (χ0) is 13.2. The number of morpholine rings is 1. The van der Waals surface area contributed by atoms with Crippen molar-refractivity contribution in [3.63, 3.8) is 0 Å². The Bertz CT molecular complexity index is 477. The number of hydrogen-bond acceptors (Lipinski definition) is 5. The molecule has 1 N–H and O–H groups in total. The lowest BCUT2D eigenvalue weighted by Crippen LogP contribution is -2.41. The van der Waals surface area contributed by atoms with E-state index in [0.717, 1.165) is 6.42 Å². The van der Waals surface area contributed by atoms with E-state index in [1.165, 1.54) is 11.3 Å². The molecule has 0 aromatic carbocycles. The topological polar surface area (TPSA) is 71.5 Å². The van der Waals surface area contributed by atoms with Crippen molar-refractivity contribution >= 4 is 28.3 Å². The zero-order valence-corrected chi connectivity index (χ0v) is 11.2. The number of aromatic nitrogens is 1. The van der Waals surface area contributed by atoms with Crippen LogP contribution < -0.4 is 5.32 Å². The van der Waals surface area contributed by atoms with Gasteiger partial charge in [-0.3, -0.25) is 9.59 Å². The first-order chi connectivity index (χ1) is 9.22. The van der Waals surface area contributed by atoms with Gasteiger partial charge in [-0.1, -0.05) is 0 Å². The number of rotatable bonds is 4. The van der Waals surface area contributed by atoms with Crippen molar-refractivity contribution in [1.29, 1.82) is 0 Å². The lowest BCUT2D eigenvalue weighted by atomic mass is 10.2. The quantitative estimate of drug-likeness (QED) is 0.888.